The predicted octanol–water partition coefficient (Wildman–Crippen LogP) is 5.75. The minimum atomic E-state index is -0.517. The summed E-state index contributed by atoms with van der Waals surface area (Å²) in [6, 6.07) is 2.03. The van der Waals surface area contributed by atoms with Gasteiger partial charge in [-0.25, -0.2) is 4.79 Å². The van der Waals surface area contributed by atoms with Crippen molar-refractivity contribution in [1.29, 1.82) is 0 Å². The van der Waals surface area contributed by atoms with Gasteiger partial charge in [0.25, 0.3) is 0 Å². The Morgan fingerprint density at radius 2 is 2.00 bits per heavy atom. The van der Waals surface area contributed by atoms with Gasteiger partial charge in [-0.2, -0.15) is 0 Å². The molecule has 4 fully saturated rings. The summed E-state index contributed by atoms with van der Waals surface area (Å²) in [7, 11) is 1.45. The second-order valence-electron chi connectivity index (χ2n) is 13.3. The molecule has 7 nitrogen and oxygen atoms in total. The van der Waals surface area contributed by atoms with E-state index in [1.54, 1.807) is 19.3 Å². The van der Waals surface area contributed by atoms with Gasteiger partial charge in [0.15, 0.2) is 0 Å². The third kappa shape index (κ3) is 3.54. The minimum Gasteiger partial charge on any atom is -0.472 e. The largest absolute Gasteiger partial charge is 0.472 e. The zero-order valence-corrected chi connectivity index (χ0v) is 24.2. The third-order valence-corrected chi connectivity index (χ3v) is 11.5. The van der Waals surface area contributed by atoms with E-state index < -0.39 is 10.8 Å². The Hall–Kier alpha value is -2.38. The van der Waals surface area contributed by atoms with Crippen molar-refractivity contribution in [2.24, 2.45) is 28.1 Å². The van der Waals surface area contributed by atoms with Crippen molar-refractivity contribution in [3.05, 3.63) is 47.0 Å². The molecule has 6 rings (SSSR count). The van der Waals surface area contributed by atoms with Crippen molar-refractivity contribution in [2.45, 2.75) is 97.6 Å². The van der Waals surface area contributed by atoms with Gasteiger partial charge in [-0.05, 0) is 68.6 Å². The molecule has 212 valence electrons. The van der Waals surface area contributed by atoms with Gasteiger partial charge in [-0.3, -0.25) is 4.79 Å². The summed E-state index contributed by atoms with van der Waals surface area (Å²) in [6.07, 6.45) is 7.35. The minimum absolute atomic E-state index is 0.0504. The van der Waals surface area contributed by atoms with Gasteiger partial charge in [-0.15, -0.1) is 0 Å². The highest BCUT2D eigenvalue weighted by atomic mass is 16.6. The highest BCUT2D eigenvalue weighted by Crippen LogP contribution is 2.73. The molecule has 10 atom stereocenters. The molecule has 2 saturated carbocycles. The van der Waals surface area contributed by atoms with Gasteiger partial charge in [0.1, 0.15) is 6.10 Å². The summed E-state index contributed by atoms with van der Waals surface area (Å²) in [5, 5.41) is 0. The van der Waals surface area contributed by atoms with E-state index in [1.807, 2.05) is 19.3 Å². The Labute approximate surface area is 231 Å². The first-order valence-corrected chi connectivity index (χ1v) is 14.4. The first-order chi connectivity index (χ1) is 18.5. The van der Waals surface area contributed by atoms with Crippen molar-refractivity contribution in [1.82, 2.24) is 0 Å². The van der Waals surface area contributed by atoms with Crippen LogP contribution in [0, 0.1) is 28.1 Å². The van der Waals surface area contributed by atoms with Crippen LogP contribution in [0.2, 0.25) is 0 Å². The number of fused-ring (bicyclic) bond motifs is 4. The van der Waals surface area contributed by atoms with Crippen LogP contribution in [-0.2, 0) is 28.5 Å². The SMILES string of the molecule is C/C=C(\C)C(=O)OC1CCC2(C)COC3C4OC5CC(c6ccoc6)C(C)=C5C4(C)C(CC(=O)OC)C1(C)C32. The number of ether oxygens (including phenoxy) is 4. The van der Waals surface area contributed by atoms with Gasteiger partial charge in [0, 0.05) is 34.7 Å². The lowest BCUT2D eigenvalue weighted by Crippen LogP contribution is -2.68. The first kappa shape index (κ1) is 26.8. The number of carbonyl (C=O) groups excluding carboxylic acids is 2. The summed E-state index contributed by atoms with van der Waals surface area (Å²) in [6.45, 7) is 13.3. The average molecular weight is 539 g/mol. The first-order valence-electron chi connectivity index (χ1n) is 14.4. The highest BCUT2D eigenvalue weighted by Gasteiger charge is 2.76. The van der Waals surface area contributed by atoms with Gasteiger partial charge < -0.3 is 23.4 Å². The van der Waals surface area contributed by atoms with Gasteiger partial charge in [-0.1, -0.05) is 32.4 Å². The molecule has 0 N–H and O–H groups in total. The molecule has 0 aromatic carbocycles. The average Bonchev–Trinajstić information content (AvgIpc) is 3.68. The summed E-state index contributed by atoms with van der Waals surface area (Å²) < 4.78 is 30.8. The summed E-state index contributed by atoms with van der Waals surface area (Å²) in [5.41, 5.74) is 3.23. The van der Waals surface area contributed by atoms with Crippen molar-refractivity contribution < 1.29 is 33.0 Å². The number of esters is 2. The van der Waals surface area contributed by atoms with Gasteiger partial charge in [0.05, 0.1) is 44.6 Å². The van der Waals surface area contributed by atoms with Crippen LogP contribution in [0.4, 0.5) is 0 Å². The normalized spacial score (nSPS) is 44.6. The molecule has 3 heterocycles. The van der Waals surface area contributed by atoms with Crippen LogP contribution in [0.1, 0.15) is 78.7 Å². The van der Waals surface area contributed by atoms with Crippen LogP contribution in [0.3, 0.4) is 0 Å². The summed E-state index contributed by atoms with van der Waals surface area (Å²) in [4.78, 5) is 26.3. The fourth-order valence-electron chi connectivity index (χ4n) is 9.71. The smallest absolute Gasteiger partial charge is 0.333 e. The topological polar surface area (TPSA) is 84.2 Å². The van der Waals surface area contributed by atoms with Crippen LogP contribution < -0.4 is 0 Å². The van der Waals surface area contributed by atoms with E-state index in [0.29, 0.717) is 12.2 Å². The van der Waals surface area contributed by atoms with E-state index in [9.17, 15) is 9.59 Å². The maximum absolute atomic E-state index is 13.2. The molecule has 5 aliphatic rings. The lowest BCUT2D eigenvalue weighted by molar-refractivity contribution is -0.233. The number of hydrogen-bond donors (Lipinski definition) is 0. The number of rotatable bonds is 5. The van der Waals surface area contributed by atoms with E-state index in [4.69, 9.17) is 23.4 Å². The van der Waals surface area contributed by atoms with E-state index >= 15 is 0 Å². The highest BCUT2D eigenvalue weighted by molar-refractivity contribution is 5.87. The zero-order chi connectivity index (χ0) is 27.9. The van der Waals surface area contributed by atoms with Crippen molar-refractivity contribution in [3.8, 4) is 0 Å². The summed E-state index contributed by atoms with van der Waals surface area (Å²) in [5.74, 6) is -0.403. The van der Waals surface area contributed by atoms with Crippen molar-refractivity contribution in [3.63, 3.8) is 0 Å². The summed E-state index contributed by atoms with van der Waals surface area (Å²) >= 11 is 0. The second kappa shape index (κ2) is 9.07. The maximum Gasteiger partial charge on any atom is 0.333 e. The molecule has 39 heavy (non-hydrogen) atoms. The van der Waals surface area contributed by atoms with Crippen LogP contribution in [-0.4, -0.2) is 50.1 Å². The zero-order valence-electron chi connectivity index (χ0n) is 24.2. The molecule has 3 aliphatic carbocycles. The molecule has 0 bridgehead atoms. The predicted molar refractivity (Wildman–Crippen MR) is 144 cm³/mol. The molecule has 10 unspecified atom stereocenters. The molecule has 2 aliphatic heterocycles. The Balaban J connectivity index is 1.52. The Morgan fingerprint density at radius 1 is 1.23 bits per heavy atom. The lowest BCUT2D eigenvalue weighted by Gasteiger charge is -2.64. The molecule has 7 heteroatoms. The molecular weight excluding hydrogens is 496 g/mol. The molecule has 2 saturated heterocycles. The Kier molecular flexibility index (Phi) is 6.24. The van der Waals surface area contributed by atoms with E-state index in [1.165, 1.54) is 18.3 Å². The Morgan fingerprint density at radius 3 is 2.67 bits per heavy atom. The van der Waals surface area contributed by atoms with Crippen LogP contribution in [0.15, 0.2) is 45.8 Å². The molecule has 0 spiro atoms. The molecule has 1 aromatic heterocycles. The van der Waals surface area contributed by atoms with E-state index in [2.05, 4.69) is 27.7 Å². The molecule has 0 amide bonds. The quantitative estimate of drug-likeness (QED) is 0.268. The van der Waals surface area contributed by atoms with Crippen molar-refractivity contribution in [2.75, 3.05) is 13.7 Å². The van der Waals surface area contributed by atoms with E-state index in [0.717, 1.165) is 24.8 Å². The number of carbonyl (C=O) groups is 2. The van der Waals surface area contributed by atoms with Gasteiger partial charge in [0.2, 0.25) is 0 Å². The number of methoxy groups -OCH3 is 1. The fraction of sp³-hybridized carbons (Fsp3) is 0.688. The van der Waals surface area contributed by atoms with Crippen LogP contribution in [0.5, 0.6) is 0 Å². The molecule has 0 radical (unpaired) electrons. The number of hydrogen-bond acceptors (Lipinski definition) is 7. The van der Waals surface area contributed by atoms with Crippen molar-refractivity contribution >= 4 is 11.9 Å². The van der Waals surface area contributed by atoms with Crippen LogP contribution in [0.25, 0.3) is 0 Å². The monoisotopic (exact) mass is 538 g/mol. The maximum atomic E-state index is 13.2. The van der Waals surface area contributed by atoms with Crippen LogP contribution >= 0.6 is 0 Å². The standard InChI is InChI=1S/C32H42O7/c1-8-17(2)29(34)39-23-9-11-30(4)16-37-26-27(30)31(23,5)22(14-24(33)35-7)32(6)25-18(3)20(19-10-12-36-15-19)13-21(25)38-28(26)32/h8,10,12,15,20-23,26-28H,9,11,13-14,16H2,1-7H3/b17-8+. The molecule has 1 aromatic rings. The Bertz CT molecular complexity index is 1230. The van der Waals surface area contributed by atoms with Gasteiger partial charge >= 0.3 is 11.9 Å². The number of furan rings is 1. The lowest BCUT2D eigenvalue weighted by atomic mass is 9.40. The third-order valence-electron chi connectivity index (χ3n) is 11.5. The van der Waals surface area contributed by atoms with E-state index in [-0.39, 0.29) is 65.9 Å². The second-order valence-corrected chi connectivity index (χ2v) is 13.3. The fourth-order valence-corrected chi connectivity index (χ4v) is 9.71. The number of allylic oxidation sites excluding steroid dienone is 2. The molecular formula is C32H42O7.